The van der Waals surface area contributed by atoms with Crippen LogP contribution in [0.15, 0.2) is 59.6 Å². The van der Waals surface area contributed by atoms with Crippen molar-refractivity contribution in [3.05, 3.63) is 77.1 Å². The van der Waals surface area contributed by atoms with Gasteiger partial charge >= 0.3 is 0 Å². The maximum Gasteiger partial charge on any atom is 0.229 e. The molecule has 8 heteroatoms. The van der Waals surface area contributed by atoms with Crippen LogP contribution in [0, 0.1) is 13.8 Å². The number of anilines is 2. The molecule has 166 valence electrons. The quantitative estimate of drug-likeness (QED) is 0.288. The van der Waals surface area contributed by atoms with Crippen molar-refractivity contribution in [1.29, 1.82) is 0 Å². The van der Waals surface area contributed by atoms with Gasteiger partial charge in [0.25, 0.3) is 0 Å². The van der Waals surface area contributed by atoms with Crippen LogP contribution in [0.3, 0.4) is 0 Å². The predicted molar refractivity (Wildman–Crippen MR) is 134 cm³/mol. The number of ether oxygens (including phenoxy) is 1. The summed E-state index contributed by atoms with van der Waals surface area (Å²) >= 11 is 5.56. The van der Waals surface area contributed by atoms with Gasteiger partial charge in [-0.15, -0.1) is 0 Å². The van der Waals surface area contributed by atoms with Gasteiger partial charge in [0.05, 0.1) is 13.7 Å². The van der Waals surface area contributed by atoms with Crippen molar-refractivity contribution in [2.24, 2.45) is 4.99 Å². The van der Waals surface area contributed by atoms with E-state index in [1.807, 2.05) is 62.4 Å². The number of aliphatic imine (C=N–C) groups is 1. The van der Waals surface area contributed by atoms with Gasteiger partial charge in [0.15, 0.2) is 5.11 Å². The lowest BCUT2D eigenvalue weighted by molar-refractivity contribution is 0.410. The molecule has 0 fully saturated rings. The Morgan fingerprint density at radius 1 is 0.969 bits per heavy atom. The van der Waals surface area contributed by atoms with Gasteiger partial charge in [-0.25, -0.2) is 15.0 Å². The molecular weight excluding hydrogens is 420 g/mol. The van der Waals surface area contributed by atoms with Crippen LogP contribution < -0.4 is 20.7 Å². The average Bonchev–Trinajstić information content (AvgIpc) is 2.77. The SMILES string of the molecule is CCc1ccccc1NC(=S)NC(=NCc1ccccc1OC)Nc1nc(C)cc(C)n1. The Kier molecular flexibility index (Phi) is 8.10. The molecule has 0 amide bonds. The molecule has 3 rings (SSSR count). The number of hydrogen-bond acceptors (Lipinski definition) is 5. The maximum absolute atomic E-state index is 5.56. The number of thiocarbonyl (C=S) groups is 1. The smallest absolute Gasteiger partial charge is 0.229 e. The zero-order valence-electron chi connectivity index (χ0n) is 18.8. The van der Waals surface area contributed by atoms with E-state index >= 15 is 0 Å². The first kappa shape index (κ1) is 23.1. The highest BCUT2D eigenvalue weighted by atomic mass is 32.1. The first-order valence-corrected chi connectivity index (χ1v) is 10.8. The largest absolute Gasteiger partial charge is 0.496 e. The second kappa shape index (κ2) is 11.2. The molecule has 3 aromatic rings. The Morgan fingerprint density at radius 2 is 1.62 bits per heavy atom. The first-order chi connectivity index (χ1) is 15.5. The van der Waals surface area contributed by atoms with Crippen LogP contribution in [0.2, 0.25) is 0 Å². The fourth-order valence-electron chi connectivity index (χ4n) is 3.21. The van der Waals surface area contributed by atoms with Crippen LogP contribution in [0.25, 0.3) is 0 Å². The Labute approximate surface area is 194 Å². The highest BCUT2D eigenvalue weighted by molar-refractivity contribution is 7.80. The summed E-state index contributed by atoms with van der Waals surface area (Å²) in [6, 6.07) is 17.7. The predicted octanol–water partition coefficient (Wildman–Crippen LogP) is 4.62. The van der Waals surface area contributed by atoms with Crippen LogP contribution in [0.4, 0.5) is 11.6 Å². The van der Waals surface area contributed by atoms with Gasteiger partial charge in [-0.2, -0.15) is 0 Å². The van der Waals surface area contributed by atoms with Gasteiger partial charge in [0.1, 0.15) is 5.75 Å². The number of para-hydroxylation sites is 2. The average molecular weight is 449 g/mol. The molecule has 0 aliphatic rings. The van der Waals surface area contributed by atoms with Crippen LogP contribution in [0.1, 0.15) is 29.4 Å². The molecule has 3 N–H and O–H groups in total. The number of hydrogen-bond donors (Lipinski definition) is 3. The van der Waals surface area contributed by atoms with E-state index in [2.05, 4.69) is 43.9 Å². The van der Waals surface area contributed by atoms with E-state index in [0.29, 0.717) is 23.6 Å². The minimum atomic E-state index is 0.387. The number of nitrogens with zero attached hydrogens (tertiary/aromatic N) is 3. The van der Waals surface area contributed by atoms with Crippen molar-refractivity contribution in [2.75, 3.05) is 17.7 Å². The molecule has 1 heterocycles. The number of guanidine groups is 1. The van der Waals surface area contributed by atoms with E-state index in [9.17, 15) is 0 Å². The van der Waals surface area contributed by atoms with Gasteiger partial charge in [-0.3, -0.25) is 5.32 Å². The van der Waals surface area contributed by atoms with Crippen LogP contribution in [0.5, 0.6) is 5.75 Å². The molecule has 0 unspecified atom stereocenters. The highest BCUT2D eigenvalue weighted by Crippen LogP contribution is 2.18. The lowest BCUT2D eigenvalue weighted by atomic mass is 10.1. The fraction of sp³-hybridized carbons (Fsp3) is 0.250. The molecule has 0 radical (unpaired) electrons. The molecule has 1 aromatic heterocycles. The van der Waals surface area contributed by atoms with Gasteiger partial charge in [-0.05, 0) is 56.2 Å². The molecule has 0 spiro atoms. The second-order valence-electron chi connectivity index (χ2n) is 7.17. The van der Waals surface area contributed by atoms with Crippen LogP contribution >= 0.6 is 12.2 Å². The molecule has 2 aromatic carbocycles. The van der Waals surface area contributed by atoms with Crippen LogP contribution in [-0.4, -0.2) is 28.1 Å². The second-order valence-corrected chi connectivity index (χ2v) is 7.57. The molecule has 0 saturated carbocycles. The fourth-order valence-corrected chi connectivity index (χ4v) is 3.41. The standard InChI is InChI=1S/C24H28N6OS/c1-5-18-10-6-8-12-20(18)28-24(32)30-22(29-23-26-16(2)14-17(3)27-23)25-15-19-11-7-9-13-21(19)31-4/h6-14H,5,15H2,1-4H3,(H3,25,26,27,28,29,30,32). The number of benzene rings is 2. The van der Waals surface area contributed by atoms with Gasteiger partial charge in [0.2, 0.25) is 11.9 Å². The van der Waals surface area contributed by atoms with Crippen LogP contribution in [-0.2, 0) is 13.0 Å². The van der Waals surface area contributed by atoms with E-state index in [0.717, 1.165) is 34.8 Å². The summed E-state index contributed by atoms with van der Waals surface area (Å²) in [7, 11) is 1.65. The zero-order chi connectivity index (χ0) is 22.9. The summed E-state index contributed by atoms with van der Waals surface area (Å²) in [6.45, 7) is 6.34. The number of aryl methyl sites for hydroxylation is 3. The molecule has 32 heavy (non-hydrogen) atoms. The van der Waals surface area contributed by atoms with E-state index in [1.165, 1.54) is 5.56 Å². The number of methoxy groups -OCH3 is 1. The van der Waals surface area contributed by atoms with Crippen molar-refractivity contribution in [1.82, 2.24) is 15.3 Å². The van der Waals surface area contributed by atoms with E-state index in [-0.39, 0.29) is 0 Å². The number of rotatable bonds is 6. The van der Waals surface area contributed by atoms with E-state index in [1.54, 1.807) is 7.11 Å². The minimum Gasteiger partial charge on any atom is -0.496 e. The zero-order valence-corrected chi connectivity index (χ0v) is 19.6. The van der Waals surface area contributed by atoms with Crippen molar-refractivity contribution >= 4 is 34.9 Å². The van der Waals surface area contributed by atoms with Gasteiger partial charge in [-0.1, -0.05) is 43.3 Å². The molecule has 0 saturated heterocycles. The van der Waals surface area contributed by atoms with Crippen molar-refractivity contribution in [2.45, 2.75) is 33.7 Å². The summed E-state index contributed by atoms with van der Waals surface area (Å²) in [4.78, 5) is 13.6. The molecule has 7 nitrogen and oxygen atoms in total. The third-order valence-electron chi connectivity index (χ3n) is 4.69. The normalized spacial score (nSPS) is 11.1. The Balaban J connectivity index is 1.82. The van der Waals surface area contributed by atoms with Crippen molar-refractivity contribution in [3.63, 3.8) is 0 Å². The summed E-state index contributed by atoms with van der Waals surface area (Å²) in [5.41, 5.74) is 4.81. The van der Waals surface area contributed by atoms with E-state index in [4.69, 9.17) is 17.0 Å². The van der Waals surface area contributed by atoms with Gasteiger partial charge < -0.3 is 15.4 Å². The molecule has 0 aliphatic carbocycles. The van der Waals surface area contributed by atoms with Crippen molar-refractivity contribution in [3.8, 4) is 5.75 Å². The third-order valence-corrected chi connectivity index (χ3v) is 4.90. The molecule has 0 aliphatic heterocycles. The monoisotopic (exact) mass is 448 g/mol. The Bertz CT molecular complexity index is 1090. The Morgan fingerprint density at radius 3 is 2.31 bits per heavy atom. The Hall–Kier alpha value is -3.52. The van der Waals surface area contributed by atoms with Crippen molar-refractivity contribution < 1.29 is 4.74 Å². The summed E-state index contributed by atoms with van der Waals surface area (Å²) < 4.78 is 5.44. The first-order valence-electron chi connectivity index (χ1n) is 10.4. The maximum atomic E-state index is 5.56. The topological polar surface area (TPSA) is 83.5 Å². The lowest BCUT2D eigenvalue weighted by Crippen LogP contribution is -2.39. The highest BCUT2D eigenvalue weighted by Gasteiger charge is 2.09. The number of aromatic nitrogens is 2. The molecular formula is C24H28N6OS. The lowest BCUT2D eigenvalue weighted by Gasteiger charge is -2.16. The molecule has 0 bridgehead atoms. The summed E-state index contributed by atoms with van der Waals surface area (Å²) in [5.74, 6) is 1.66. The third kappa shape index (κ3) is 6.49. The summed E-state index contributed by atoms with van der Waals surface area (Å²) in [6.07, 6.45) is 0.898. The van der Waals surface area contributed by atoms with E-state index < -0.39 is 0 Å². The summed E-state index contributed by atoms with van der Waals surface area (Å²) in [5, 5.41) is 9.99. The molecule has 0 atom stereocenters. The minimum absolute atomic E-state index is 0.387. The number of nitrogens with one attached hydrogen (secondary N) is 3. The van der Waals surface area contributed by atoms with Gasteiger partial charge in [0, 0.05) is 22.6 Å².